The molecular weight excluding hydrogens is 647 g/mol. The summed E-state index contributed by atoms with van der Waals surface area (Å²) in [6.07, 6.45) is 0. The predicted molar refractivity (Wildman–Crippen MR) is 177 cm³/mol. The molecule has 2 aromatic heterocycles. The van der Waals surface area contributed by atoms with E-state index < -0.39 is 23.1 Å². The van der Waals surface area contributed by atoms with Crippen molar-refractivity contribution in [1.82, 2.24) is 20.1 Å². The molecule has 0 aliphatic rings. The largest absolute Gasteiger partial charge is 0.497 e. The molecule has 0 saturated carbocycles. The molecule has 0 unspecified atom stereocenters. The molecular formula is C32H35N5O8S2. The quantitative estimate of drug-likeness (QED) is 0.135. The van der Waals surface area contributed by atoms with Crippen molar-refractivity contribution < 1.29 is 38.1 Å². The highest BCUT2D eigenvalue weighted by atomic mass is 32.2. The first-order chi connectivity index (χ1) is 22.6. The van der Waals surface area contributed by atoms with Gasteiger partial charge in [-0.25, -0.2) is 9.59 Å². The second-order valence-electron chi connectivity index (χ2n) is 9.77. The number of hydrogen-bond donors (Lipinski definition) is 2. The summed E-state index contributed by atoms with van der Waals surface area (Å²) < 4.78 is 22.8. The molecule has 0 radical (unpaired) electrons. The van der Waals surface area contributed by atoms with E-state index >= 15 is 0 Å². The maximum atomic E-state index is 13.5. The Kier molecular flexibility index (Phi) is 12.0. The lowest BCUT2D eigenvalue weighted by atomic mass is 10.1. The molecule has 2 aromatic carbocycles. The minimum absolute atomic E-state index is 0.0189. The van der Waals surface area contributed by atoms with Crippen LogP contribution in [0.3, 0.4) is 0 Å². The topological polar surface area (TPSA) is 160 Å². The van der Waals surface area contributed by atoms with Crippen LogP contribution in [0.4, 0.5) is 5.00 Å². The average molecular weight is 682 g/mol. The molecule has 0 fully saturated rings. The number of esters is 2. The standard InChI is InChI=1S/C32H35N5O8S2/c1-7-44-30(40)25-18(3)26(31(41)45-8-2)47-29(25)34-27(38)19(4)46-32-36-35-24(37(32)22-11-9-10-12-23(22)43-6)17-33-28(39)20-13-15-21(42-5)16-14-20/h9-16,19H,7-8,17H2,1-6H3,(H,33,39)(H,34,38)/t19-/m0/s1. The van der Waals surface area contributed by atoms with Crippen molar-refractivity contribution in [2.24, 2.45) is 0 Å². The number of methoxy groups -OCH3 is 2. The van der Waals surface area contributed by atoms with Gasteiger partial charge < -0.3 is 29.6 Å². The van der Waals surface area contributed by atoms with Gasteiger partial charge in [0, 0.05) is 5.56 Å². The highest BCUT2D eigenvalue weighted by Crippen LogP contribution is 2.36. The molecule has 248 valence electrons. The van der Waals surface area contributed by atoms with Crippen molar-refractivity contribution >= 4 is 51.9 Å². The normalized spacial score (nSPS) is 11.4. The Bertz CT molecular complexity index is 1750. The fraction of sp³-hybridized carbons (Fsp3) is 0.312. The Morgan fingerprint density at radius 3 is 2.28 bits per heavy atom. The molecule has 2 N–H and O–H groups in total. The Balaban J connectivity index is 1.60. The number of amides is 2. The van der Waals surface area contributed by atoms with Gasteiger partial charge in [0.1, 0.15) is 21.4 Å². The minimum Gasteiger partial charge on any atom is -0.497 e. The molecule has 0 aliphatic heterocycles. The van der Waals surface area contributed by atoms with Gasteiger partial charge in [0.2, 0.25) is 5.91 Å². The first kappa shape index (κ1) is 35.0. The highest BCUT2D eigenvalue weighted by Gasteiger charge is 2.29. The van der Waals surface area contributed by atoms with Gasteiger partial charge in [0.15, 0.2) is 11.0 Å². The molecule has 2 heterocycles. The van der Waals surface area contributed by atoms with E-state index in [4.69, 9.17) is 18.9 Å². The number of aromatic nitrogens is 3. The Labute approximate surface area is 280 Å². The molecule has 15 heteroatoms. The van der Waals surface area contributed by atoms with E-state index in [9.17, 15) is 19.2 Å². The Morgan fingerprint density at radius 1 is 0.936 bits per heavy atom. The number of thiophene rings is 1. The van der Waals surface area contributed by atoms with E-state index in [1.54, 1.807) is 69.7 Å². The summed E-state index contributed by atoms with van der Waals surface area (Å²) in [5, 5.41) is 14.1. The molecule has 0 saturated heterocycles. The van der Waals surface area contributed by atoms with Crippen molar-refractivity contribution in [1.29, 1.82) is 0 Å². The van der Waals surface area contributed by atoms with Crippen LogP contribution >= 0.6 is 23.1 Å². The van der Waals surface area contributed by atoms with E-state index in [0.29, 0.717) is 39.3 Å². The van der Waals surface area contributed by atoms with Crippen molar-refractivity contribution in [2.75, 3.05) is 32.8 Å². The molecule has 4 aromatic rings. The van der Waals surface area contributed by atoms with E-state index in [1.165, 1.54) is 7.11 Å². The summed E-state index contributed by atoms with van der Waals surface area (Å²) in [5.74, 6) is -0.499. The number of rotatable bonds is 14. The number of ether oxygens (including phenoxy) is 4. The highest BCUT2D eigenvalue weighted by molar-refractivity contribution is 8.00. The number of carbonyl (C=O) groups excluding carboxylic acids is 4. The monoisotopic (exact) mass is 681 g/mol. The average Bonchev–Trinajstić information content (AvgIpc) is 3.63. The smallest absolute Gasteiger partial charge is 0.348 e. The number of benzene rings is 2. The second kappa shape index (κ2) is 16.1. The van der Waals surface area contributed by atoms with Gasteiger partial charge in [-0.1, -0.05) is 23.9 Å². The van der Waals surface area contributed by atoms with E-state index in [2.05, 4.69) is 20.8 Å². The summed E-state index contributed by atoms with van der Waals surface area (Å²) in [5.41, 5.74) is 1.49. The zero-order chi connectivity index (χ0) is 34.1. The van der Waals surface area contributed by atoms with Crippen LogP contribution in [0.25, 0.3) is 5.69 Å². The molecule has 2 amide bonds. The number of carbonyl (C=O) groups is 4. The lowest BCUT2D eigenvalue weighted by Gasteiger charge is -2.16. The first-order valence-corrected chi connectivity index (χ1v) is 16.3. The summed E-state index contributed by atoms with van der Waals surface area (Å²) in [7, 11) is 3.08. The van der Waals surface area contributed by atoms with Gasteiger partial charge >= 0.3 is 11.9 Å². The maximum absolute atomic E-state index is 13.5. The predicted octanol–water partition coefficient (Wildman–Crippen LogP) is 5.06. The van der Waals surface area contributed by atoms with Gasteiger partial charge in [0.25, 0.3) is 5.91 Å². The molecule has 0 spiro atoms. The van der Waals surface area contributed by atoms with Crippen LogP contribution in [-0.2, 0) is 20.8 Å². The molecule has 0 aliphatic carbocycles. The van der Waals surface area contributed by atoms with Crippen LogP contribution in [0.5, 0.6) is 11.5 Å². The third-order valence-corrected chi connectivity index (χ3v) is 8.99. The summed E-state index contributed by atoms with van der Waals surface area (Å²) in [6, 6.07) is 13.9. The zero-order valence-corrected chi connectivity index (χ0v) is 28.4. The molecule has 47 heavy (non-hydrogen) atoms. The number of para-hydroxylation sites is 2. The van der Waals surface area contributed by atoms with Gasteiger partial charge in [-0.2, -0.15) is 0 Å². The first-order valence-electron chi connectivity index (χ1n) is 14.6. The van der Waals surface area contributed by atoms with E-state index in [0.717, 1.165) is 23.1 Å². The van der Waals surface area contributed by atoms with Crippen LogP contribution in [-0.4, -0.2) is 71.2 Å². The van der Waals surface area contributed by atoms with Crippen LogP contribution in [0.15, 0.2) is 53.7 Å². The van der Waals surface area contributed by atoms with Gasteiger partial charge in [-0.3, -0.25) is 14.2 Å². The molecule has 4 rings (SSSR count). The Hall–Kier alpha value is -4.89. The summed E-state index contributed by atoms with van der Waals surface area (Å²) in [6.45, 7) is 6.91. The number of hydrogen-bond acceptors (Lipinski definition) is 12. The van der Waals surface area contributed by atoms with Gasteiger partial charge in [-0.15, -0.1) is 21.5 Å². The van der Waals surface area contributed by atoms with Crippen molar-refractivity contribution in [3.05, 3.63) is 75.9 Å². The summed E-state index contributed by atoms with van der Waals surface area (Å²) in [4.78, 5) is 52.0. The number of nitrogens with one attached hydrogen (secondary N) is 2. The lowest BCUT2D eigenvalue weighted by Crippen LogP contribution is -2.25. The van der Waals surface area contributed by atoms with Crippen molar-refractivity contribution in [2.45, 2.75) is 44.6 Å². The molecule has 1 atom stereocenters. The number of thioether (sulfide) groups is 1. The van der Waals surface area contributed by atoms with Crippen LogP contribution in [0, 0.1) is 6.92 Å². The van der Waals surface area contributed by atoms with Crippen molar-refractivity contribution in [3.8, 4) is 17.2 Å². The van der Waals surface area contributed by atoms with Crippen LogP contribution in [0.2, 0.25) is 0 Å². The number of nitrogens with zero attached hydrogens (tertiary/aromatic N) is 3. The lowest BCUT2D eigenvalue weighted by molar-refractivity contribution is -0.115. The fourth-order valence-corrected chi connectivity index (χ4v) is 6.39. The van der Waals surface area contributed by atoms with Gasteiger partial charge in [-0.05, 0) is 69.7 Å². The third kappa shape index (κ3) is 8.10. The SMILES string of the molecule is CCOC(=O)c1sc(NC(=O)[C@H](C)Sc2nnc(CNC(=O)c3ccc(OC)cc3)n2-c2ccccc2OC)c(C(=O)OCC)c1C. The molecule has 0 bridgehead atoms. The van der Waals surface area contributed by atoms with Crippen LogP contribution < -0.4 is 20.1 Å². The Morgan fingerprint density at radius 2 is 1.62 bits per heavy atom. The second-order valence-corrected chi connectivity index (χ2v) is 12.1. The van der Waals surface area contributed by atoms with E-state index in [-0.39, 0.29) is 41.1 Å². The van der Waals surface area contributed by atoms with Gasteiger partial charge in [0.05, 0.1) is 50.5 Å². The molecule has 13 nitrogen and oxygen atoms in total. The zero-order valence-electron chi connectivity index (χ0n) is 26.7. The maximum Gasteiger partial charge on any atom is 0.348 e. The minimum atomic E-state index is -0.752. The third-order valence-electron chi connectivity index (χ3n) is 6.76. The van der Waals surface area contributed by atoms with Crippen LogP contribution in [0.1, 0.15) is 62.5 Å². The van der Waals surface area contributed by atoms with E-state index in [1.807, 2.05) is 18.2 Å². The summed E-state index contributed by atoms with van der Waals surface area (Å²) >= 11 is 2.05. The van der Waals surface area contributed by atoms with Crippen molar-refractivity contribution in [3.63, 3.8) is 0 Å². The fourth-order valence-electron chi connectivity index (χ4n) is 4.42. The number of anilines is 1.